The average Bonchev–Trinajstić information content (AvgIpc) is 3.21. The Balaban J connectivity index is 1.43. The van der Waals surface area contributed by atoms with Gasteiger partial charge in [-0.05, 0) is 44.9 Å². The number of thiazole rings is 1. The van der Waals surface area contributed by atoms with Crippen molar-refractivity contribution in [2.75, 3.05) is 29.8 Å². The highest BCUT2D eigenvalue weighted by Crippen LogP contribution is 2.35. The third kappa shape index (κ3) is 5.21. The van der Waals surface area contributed by atoms with E-state index in [0.29, 0.717) is 11.3 Å². The van der Waals surface area contributed by atoms with Crippen LogP contribution in [0.5, 0.6) is 0 Å². The smallest absolute Gasteiger partial charge is 0.290 e. The Morgan fingerprint density at radius 2 is 1.82 bits per heavy atom. The number of benzene rings is 1. The van der Waals surface area contributed by atoms with E-state index in [4.69, 9.17) is 0 Å². The number of nitrogens with one attached hydrogen (secondary N) is 1. The molecule has 182 valence electrons. The van der Waals surface area contributed by atoms with E-state index in [0.717, 1.165) is 48.3 Å². The fourth-order valence-electron chi connectivity index (χ4n) is 4.29. The predicted octanol–water partition coefficient (Wildman–Crippen LogP) is 4.59. The number of halogens is 2. The van der Waals surface area contributed by atoms with Crippen molar-refractivity contribution in [2.45, 2.75) is 43.1 Å². The molecule has 0 aliphatic carbocycles. The summed E-state index contributed by atoms with van der Waals surface area (Å²) < 4.78 is 55.3. The van der Waals surface area contributed by atoms with Crippen molar-refractivity contribution in [3.8, 4) is 0 Å². The number of rotatable bonds is 7. The molecule has 2 aromatic heterocycles. The number of anilines is 2. The van der Waals surface area contributed by atoms with Crippen LogP contribution in [-0.2, 0) is 10.0 Å². The fraction of sp³-hybridized carbons (Fsp3) is 0.391. The van der Waals surface area contributed by atoms with E-state index in [1.807, 2.05) is 26.1 Å². The number of pyridine rings is 1. The van der Waals surface area contributed by atoms with Crippen molar-refractivity contribution in [2.24, 2.45) is 0 Å². The number of nitrogens with zero attached hydrogens (tertiary/aromatic N) is 4. The lowest BCUT2D eigenvalue weighted by atomic mass is 9.99. The first kappa shape index (κ1) is 24.5. The van der Waals surface area contributed by atoms with Crippen molar-refractivity contribution < 1.29 is 17.2 Å². The molecule has 1 atom stereocenters. The van der Waals surface area contributed by atoms with Crippen molar-refractivity contribution in [1.29, 1.82) is 0 Å². The number of aryl methyl sites for hydroxylation is 1. The minimum Gasteiger partial charge on any atom is -0.362 e. The molecule has 1 unspecified atom stereocenters. The van der Waals surface area contributed by atoms with Crippen LogP contribution in [0.3, 0.4) is 0 Å². The standard InChI is InChI=1S/C23H27F2N5O2S2/c1-15-22(33-23(26-15)34(31,32)28-21-10-6-9-20(25)27-21)29(3)17-11-13-30(14-12-17)16(2)18-7-4-5-8-19(18)24/h4-10,16-17H,11-14H2,1-3H3,(H,27,28). The maximum atomic E-state index is 14.2. The predicted molar refractivity (Wildman–Crippen MR) is 130 cm³/mol. The fourth-order valence-corrected chi connectivity index (χ4v) is 6.66. The maximum Gasteiger partial charge on any atom is 0.290 e. The molecule has 0 bridgehead atoms. The quantitative estimate of drug-likeness (QED) is 0.472. The lowest BCUT2D eigenvalue weighted by molar-refractivity contribution is 0.159. The lowest BCUT2D eigenvalue weighted by Gasteiger charge is -2.40. The van der Waals surface area contributed by atoms with Crippen molar-refractivity contribution >= 4 is 32.2 Å². The van der Waals surface area contributed by atoms with Crippen LogP contribution in [0.25, 0.3) is 0 Å². The maximum absolute atomic E-state index is 14.2. The molecule has 3 heterocycles. The summed E-state index contributed by atoms with van der Waals surface area (Å²) in [7, 11) is -2.05. The van der Waals surface area contributed by atoms with E-state index >= 15 is 0 Å². The number of hydrogen-bond acceptors (Lipinski definition) is 7. The zero-order valence-corrected chi connectivity index (χ0v) is 20.8. The van der Waals surface area contributed by atoms with Crippen LogP contribution < -0.4 is 9.62 Å². The van der Waals surface area contributed by atoms with Gasteiger partial charge < -0.3 is 4.90 Å². The molecule has 7 nitrogen and oxygen atoms in total. The van der Waals surface area contributed by atoms with Crippen LogP contribution in [0.4, 0.5) is 19.6 Å². The zero-order valence-electron chi connectivity index (χ0n) is 19.2. The van der Waals surface area contributed by atoms with Gasteiger partial charge in [0.15, 0.2) is 0 Å². The van der Waals surface area contributed by atoms with Gasteiger partial charge in [-0.1, -0.05) is 35.6 Å². The summed E-state index contributed by atoms with van der Waals surface area (Å²) in [5.41, 5.74) is 1.31. The van der Waals surface area contributed by atoms with Crippen LogP contribution in [0.2, 0.25) is 0 Å². The number of likely N-dealkylation sites (tertiary alicyclic amines) is 1. The molecule has 0 saturated carbocycles. The highest BCUT2D eigenvalue weighted by atomic mass is 32.2. The number of hydrogen-bond donors (Lipinski definition) is 1. The third-order valence-electron chi connectivity index (χ3n) is 6.21. The van der Waals surface area contributed by atoms with Gasteiger partial charge >= 0.3 is 0 Å². The Morgan fingerprint density at radius 1 is 1.12 bits per heavy atom. The molecule has 1 aliphatic heterocycles. The number of piperidine rings is 1. The normalized spacial score (nSPS) is 16.4. The Bertz CT molecular complexity index is 1260. The van der Waals surface area contributed by atoms with Gasteiger partial charge in [-0.25, -0.2) is 14.4 Å². The molecule has 34 heavy (non-hydrogen) atoms. The zero-order chi connectivity index (χ0) is 24.5. The summed E-state index contributed by atoms with van der Waals surface area (Å²) in [6.45, 7) is 5.41. The van der Waals surface area contributed by atoms with E-state index in [1.165, 1.54) is 18.2 Å². The SMILES string of the molecule is Cc1nc(S(=O)(=O)Nc2cccc(F)n2)sc1N(C)C1CCN(C(C)c2ccccc2F)CC1. The first-order chi connectivity index (χ1) is 16.2. The first-order valence-corrected chi connectivity index (χ1v) is 13.3. The second kappa shape index (κ2) is 9.93. The molecule has 4 rings (SSSR count). The van der Waals surface area contributed by atoms with Gasteiger partial charge in [0.05, 0.1) is 5.69 Å². The molecular weight excluding hydrogens is 480 g/mol. The number of aromatic nitrogens is 2. The molecule has 0 radical (unpaired) electrons. The minimum atomic E-state index is -3.99. The molecule has 1 fully saturated rings. The second-order valence-electron chi connectivity index (χ2n) is 8.40. The summed E-state index contributed by atoms with van der Waals surface area (Å²) in [5.74, 6) is -1.06. The Kier molecular flexibility index (Phi) is 7.15. The third-order valence-corrected chi connectivity index (χ3v) is 9.19. The Morgan fingerprint density at radius 3 is 2.50 bits per heavy atom. The van der Waals surface area contributed by atoms with E-state index in [9.17, 15) is 17.2 Å². The minimum absolute atomic E-state index is 0.0168. The van der Waals surface area contributed by atoms with E-state index in [-0.39, 0.29) is 28.1 Å². The molecule has 0 spiro atoms. The Hall–Kier alpha value is -2.63. The highest BCUT2D eigenvalue weighted by molar-refractivity contribution is 7.94. The largest absolute Gasteiger partial charge is 0.362 e. The highest BCUT2D eigenvalue weighted by Gasteiger charge is 2.30. The van der Waals surface area contributed by atoms with Crippen molar-refractivity contribution in [1.82, 2.24) is 14.9 Å². The second-order valence-corrected chi connectivity index (χ2v) is 11.2. The first-order valence-electron chi connectivity index (χ1n) is 11.0. The monoisotopic (exact) mass is 507 g/mol. The molecule has 1 aromatic carbocycles. The Labute approximate surface area is 202 Å². The van der Waals surface area contributed by atoms with Gasteiger partial charge in [0.1, 0.15) is 16.6 Å². The van der Waals surface area contributed by atoms with Gasteiger partial charge in [-0.3, -0.25) is 9.62 Å². The average molecular weight is 508 g/mol. The van der Waals surface area contributed by atoms with Gasteiger partial charge in [0.25, 0.3) is 10.0 Å². The molecule has 1 N–H and O–H groups in total. The summed E-state index contributed by atoms with van der Waals surface area (Å²) in [6, 6.07) is 11.0. The number of sulfonamides is 1. The van der Waals surface area contributed by atoms with Crippen LogP contribution >= 0.6 is 11.3 Å². The van der Waals surface area contributed by atoms with Crippen LogP contribution in [0, 0.1) is 18.7 Å². The topological polar surface area (TPSA) is 78.4 Å². The van der Waals surface area contributed by atoms with Gasteiger partial charge in [0.2, 0.25) is 10.3 Å². The van der Waals surface area contributed by atoms with Crippen molar-refractivity contribution in [3.05, 3.63) is 65.5 Å². The van der Waals surface area contributed by atoms with Crippen molar-refractivity contribution in [3.63, 3.8) is 0 Å². The molecule has 0 amide bonds. The van der Waals surface area contributed by atoms with E-state index in [1.54, 1.807) is 13.0 Å². The van der Waals surface area contributed by atoms with E-state index < -0.39 is 16.0 Å². The molecule has 3 aromatic rings. The van der Waals surface area contributed by atoms with Crippen LogP contribution in [0.15, 0.2) is 46.8 Å². The molecule has 1 aliphatic rings. The summed E-state index contributed by atoms with van der Waals surface area (Å²) in [6.07, 6.45) is 1.72. The summed E-state index contributed by atoms with van der Waals surface area (Å²) in [5, 5.41) is 0.771. The lowest BCUT2D eigenvalue weighted by Crippen LogP contribution is -2.44. The molecule has 1 saturated heterocycles. The summed E-state index contributed by atoms with van der Waals surface area (Å²) >= 11 is 1.08. The van der Waals surface area contributed by atoms with Gasteiger partial charge in [-0.15, -0.1) is 0 Å². The summed E-state index contributed by atoms with van der Waals surface area (Å²) in [4.78, 5) is 12.2. The molecular formula is C23H27F2N5O2S2. The van der Waals surface area contributed by atoms with Gasteiger partial charge in [-0.2, -0.15) is 12.8 Å². The molecule has 11 heteroatoms. The van der Waals surface area contributed by atoms with Crippen LogP contribution in [-0.4, -0.2) is 49.5 Å². The van der Waals surface area contributed by atoms with E-state index in [2.05, 4.69) is 24.5 Å². The van der Waals surface area contributed by atoms with Gasteiger partial charge in [0, 0.05) is 37.8 Å². The van der Waals surface area contributed by atoms with Crippen LogP contribution in [0.1, 0.15) is 37.1 Å².